The second-order valence-electron chi connectivity index (χ2n) is 8.75. The lowest BCUT2D eigenvalue weighted by Crippen LogP contribution is -2.46. The lowest BCUT2D eigenvalue weighted by molar-refractivity contribution is -0.143. The van der Waals surface area contributed by atoms with Gasteiger partial charge in [-0.25, -0.2) is 9.59 Å². The van der Waals surface area contributed by atoms with Crippen LogP contribution in [0.3, 0.4) is 0 Å². The number of nitrogens with one attached hydrogen (secondary N) is 1. The van der Waals surface area contributed by atoms with Crippen LogP contribution >= 0.6 is 0 Å². The van der Waals surface area contributed by atoms with Crippen molar-refractivity contribution in [2.24, 2.45) is 0 Å². The number of nitrogens with zero attached hydrogens (tertiary/aromatic N) is 1. The summed E-state index contributed by atoms with van der Waals surface area (Å²) in [5.74, 6) is -2.07. The summed E-state index contributed by atoms with van der Waals surface area (Å²) in [5, 5.41) is 2.42. The number of esters is 1. The highest BCUT2D eigenvalue weighted by Gasteiger charge is 2.60. The summed E-state index contributed by atoms with van der Waals surface area (Å²) in [6.45, 7) is 5.06. The summed E-state index contributed by atoms with van der Waals surface area (Å²) < 4.78 is 9.85. The average molecular weight is 442 g/mol. The van der Waals surface area contributed by atoms with Crippen molar-refractivity contribution in [2.45, 2.75) is 57.2 Å². The van der Waals surface area contributed by atoms with Gasteiger partial charge in [-0.2, -0.15) is 0 Å². The first-order valence-electron chi connectivity index (χ1n) is 10.3. The highest BCUT2D eigenvalue weighted by molar-refractivity contribution is 6.24. The van der Waals surface area contributed by atoms with Gasteiger partial charge in [0.2, 0.25) is 0 Å². The van der Waals surface area contributed by atoms with Crippen LogP contribution in [-0.2, 0) is 19.1 Å². The lowest BCUT2D eigenvalue weighted by Gasteiger charge is -2.23. The fourth-order valence-corrected chi connectivity index (χ4v) is 3.55. The predicted octanol–water partition coefficient (Wildman–Crippen LogP) is 2.40. The highest BCUT2D eigenvalue weighted by atomic mass is 16.6. The summed E-state index contributed by atoms with van der Waals surface area (Å²) in [6, 6.07) is 5.40. The van der Waals surface area contributed by atoms with Gasteiger partial charge in [0.15, 0.2) is 5.78 Å². The Morgan fingerprint density at radius 2 is 1.69 bits per heavy atom. The van der Waals surface area contributed by atoms with Gasteiger partial charge in [0, 0.05) is 0 Å². The molecule has 1 heterocycles. The molecule has 9 nitrogen and oxygen atoms in total. The van der Waals surface area contributed by atoms with E-state index < -0.39 is 46.8 Å². The number of alkyl carbamates (subject to hydrolysis) is 1. The molecule has 1 N–H and O–H groups in total. The summed E-state index contributed by atoms with van der Waals surface area (Å²) in [6.07, 6.45) is 2.58. The van der Waals surface area contributed by atoms with Crippen LogP contribution in [0.4, 0.5) is 4.79 Å². The van der Waals surface area contributed by atoms with Crippen molar-refractivity contribution < 1.29 is 33.4 Å². The van der Waals surface area contributed by atoms with E-state index >= 15 is 0 Å². The van der Waals surface area contributed by atoms with E-state index in [2.05, 4.69) is 5.32 Å². The topological polar surface area (TPSA) is 119 Å². The number of carbonyl (C=O) groups excluding carboxylic acids is 5. The molecule has 3 amide bonds. The van der Waals surface area contributed by atoms with Gasteiger partial charge >= 0.3 is 12.1 Å². The van der Waals surface area contributed by atoms with Crippen molar-refractivity contribution in [2.75, 3.05) is 7.11 Å². The van der Waals surface area contributed by atoms with Crippen LogP contribution in [-0.4, -0.2) is 58.9 Å². The molecule has 1 aliphatic carbocycles. The zero-order chi connectivity index (χ0) is 23.7. The molecule has 170 valence electrons. The van der Waals surface area contributed by atoms with E-state index in [1.165, 1.54) is 19.3 Å². The van der Waals surface area contributed by atoms with E-state index in [0.29, 0.717) is 12.8 Å². The van der Waals surface area contributed by atoms with E-state index in [-0.39, 0.29) is 17.5 Å². The molecular weight excluding hydrogens is 416 g/mol. The van der Waals surface area contributed by atoms with E-state index in [4.69, 9.17) is 9.47 Å². The number of hydrogen-bond acceptors (Lipinski definition) is 7. The Hall–Kier alpha value is -3.49. The van der Waals surface area contributed by atoms with Crippen LogP contribution in [0.25, 0.3) is 0 Å². The van der Waals surface area contributed by atoms with Crippen molar-refractivity contribution in [1.82, 2.24) is 10.2 Å². The Morgan fingerprint density at radius 1 is 1.12 bits per heavy atom. The Bertz CT molecular complexity index is 967. The summed E-state index contributed by atoms with van der Waals surface area (Å²) in [5.41, 5.74) is -1.38. The molecule has 32 heavy (non-hydrogen) atoms. The van der Waals surface area contributed by atoms with E-state index in [0.717, 1.165) is 4.90 Å². The zero-order valence-electron chi connectivity index (χ0n) is 18.5. The quantitative estimate of drug-likeness (QED) is 0.391. The zero-order valence-corrected chi connectivity index (χ0v) is 18.5. The van der Waals surface area contributed by atoms with E-state index in [1.54, 1.807) is 45.0 Å². The summed E-state index contributed by atoms with van der Waals surface area (Å²) in [7, 11) is 1.18. The third-order valence-electron chi connectivity index (χ3n) is 5.22. The second-order valence-corrected chi connectivity index (χ2v) is 8.75. The third kappa shape index (κ3) is 4.56. The number of hydrogen-bond donors (Lipinski definition) is 1. The molecule has 2 aliphatic rings. The smallest absolute Gasteiger partial charge is 0.408 e. The van der Waals surface area contributed by atoms with Crippen LogP contribution < -0.4 is 5.32 Å². The Balaban J connectivity index is 1.68. The van der Waals surface area contributed by atoms with Crippen molar-refractivity contribution >= 4 is 29.7 Å². The maximum Gasteiger partial charge on any atom is 0.408 e. The first-order valence-corrected chi connectivity index (χ1v) is 10.3. The molecule has 0 radical (unpaired) electrons. The van der Waals surface area contributed by atoms with Crippen LogP contribution in [0, 0.1) is 0 Å². The van der Waals surface area contributed by atoms with Crippen molar-refractivity contribution in [1.29, 1.82) is 0 Å². The number of carbonyl (C=O) groups is 5. The van der Waals surface area contributed by atoms with Crippen LogP contribution in [0.15, 0.2) is 36.4 Å². The molecule has 1 atom stereocenters. The van der Waals surface area contributed by atoms with E-state index in [9.17, 15) is 24.0 Å². The maximum absolute atomic E-state index is 12.9. The number of rotatable bonds is 7. The molecule has 1 aromatic rings. The van der Waals surface area contributed by atoms with Gasteiger partial charge in [-0.1, -0.05) is 18.2 Å². The molecule has 1 aliphatic heterocycles. The fourth-order valence-electron chi connectivity index (χ4n) is 3.55. The molecular formula is C23H26N2O7. The van der Waals surface area contributed by atoms with Gasteiger partial charge < -0.3 is 14.8 Å². The number of methoxy groups -OCH3 is 1. The standard InChI is InChI=1S/C23H26N2O7/c1-22(2,3)32-21(30)24-16(20(29)31-4)10-7-11-17(26)23(12-13-23)25-18(27)14-8-5-6-9-15(14)19(25)28/h5-9,11,16H,10,12-13H2,1-4H3,(H,24,30)/b11-7+. The number of fused-ring (bicyclic) bond motifs is 1. The minimum atomic E-state index is -1.21. The fraction of sp³-hybridized carbons (Fsp3) is 0.435. The van der Waals surface area contributed by atoms with Gasteiger partial charge in [-0.05, 0) is 58.2 Å². The maximum atomic E-state index is 12.9. The van der Waals surface area contributed by atoms with Crippen LogP contribution in [0.5, 0.6) is 0 Å². The second kappa shape index (κ2) is 8.57. The van der Waals surface area contributed by atoms with Gasteiger partial charge in [0.1, 0.15) is 17.2 Å². The largest absolute Gasteiger partial charge is 0.467 e. The summed E-state index contributed by atoms with van der Waals surface area (Å²) in [4.78, 5) is 63.5. The van der Waals surface area contributed by atoms with Crippen molar-refractivity contribution in [3.05, 3.63) is 47.5 Å². The monoisotopic (exact) mass is 442 g/mol. The minimum Gasteiger partial charge on any atom is -0.467 e. The minimum absolute atomic E-state index is 0.0319. The molecule has 1 aromatic carbocycles. The molecule has 9 heteroatoms. The number of amides is 3. The van der Waals surface area contributed by atoms with Crippen molar-refractivity contribution in [3.8, 4) is 0 Å². The van der Waals surface area contributed by atoms with Crippen LogP contribution in [0.2, 0.25) is 0 Å². The molecule has 3 rings (SSSR count). The first-order chi connectivity index (χ1) is 15.0. The predicted molar refractivity (Wildman–Crippen MR) is 113 cm³/mol. The number of ether oxygens (including phenoxy) is 2. The molecule has 0 aromatic heterocycles. The lowest BCUT2D eigenvalue weighted by atomic mass is 10.1. The Labute approximate surface area is 185 Å². The van der Waals surface area contributed by atoms with Crippen LogP contribution in [0.1, 0.15) is 60.7 Å². The number of ketones is 1. The molecule has 0 saturated heterocycles. The van der Waals surface area contributed by atoms with Gasteiger partial charge in [-0.15, -0.1) is 0 Å². The summed E-state index contributed by atoms with van der Waals surface area (Å²) >= 11 is 0. The first kappa shape index (κ1) is 23.2. The Morgan fingerprint density at radius 3 is 2.16 bits per heavy atom. The SMILES string of the molecule is COC(=O)C(C/C=C/C(=O)C1(N2C(=O)c3ccccc3C2=O)CC1)NC(=O)OC(C)(C)C. The highest BCUT2D eigenvalue weighted by Crippen LogP contribution is 2.46. The molecule has 0 spiro atoms. The average Bonchev–Trinajstić information content (AvgIpc) is 3.48. The number of imide groups is 1. The van der Waals surface area contributed by atoms with Gasteiger partial charge in [0.25, 0.3) is 11.8 Å². The molecule has 0 bridgehead atoms. The normalized spacial score (nSPS) is 17.7. The number of benzene rings is 1. The Kier molecular flexibility index (Phi) is 6.20. The van der Waals surface area contributed by atoms with Crippen molar-refractivity contribution in [3.63, 3.8) is 0 Å². The molecule has 1 unspecified atom stereocenters. The molecule has 1 saturated carbocycles. The van der Waals surface area contributed by atoms with Gasteiger partial charge in [-0.3, -0.25) is 19.3 Å². The van der Waals surface area contributed by atoms with E-state index in [1.807, 2.05) is 0 Å². The third-order valence-corrected chi connectivity index (χ3v) is 5.22. The van der Waals surface area contributed by atoms with Gasteiger partial charge in [0.05, 0.1) is 18.2 Å². The molecule has 1 fully saturated rings.